The van der Waals surface area contributed by atoms with Crippen molar-refractivity contribution >= 4 is 39.0 Å². The summed E-state index contributed by atoms with van der Waals surface area (Å²) in [7, 11) is 0. The largest absolute Gasteiger partial charge is 0.396 e. The topological polar surface area (TPSA) is 56.5 Å². The van der Waals surface area contributed by atoms with Crippen molar-refractivity contribution < 1.29 is 4.84 Å². The second-order valence-corrected chi connectivity index (χ2v) is 9.56. The number of thioether (sulfide) groups is 1. The summed E-state index contributed by atoms with van der Waals surface area (Å²) in [5.74, 6) is 1.71. The van der Waals surface area contributed by atoms with Crippen molar-refractivity contribution in [3.05, 3.63) is 33.4 Å². The predicted molar refractivity (Wildman–Crippen MR) is 120 cm³/mol. The summed E-state index contributed by atoms with van der Waals surface area (Å²) in [5.41, 5.74) is 2.26. The van der Waals surface area contributed by atoms with Gasteiger partial charge in [0.2, 0.25) is 0 Å². The molecule has 28 heavy (non-hydrogen) atoms. The molecule has 0 bridgehead atoms. The van der Waals surface area contributed by atoms with Gasteiger partial charge in [-0.05, 0) is 44.6 Å². The van der Waals surface area contributed by atoms with Crippen LogP contribution < -0.4 is 5.56 Å². The Hall–Kier alpha value is -1.60. The molecule has 0 aliphatic heterocycles. The van der Waals surface area contributed by atoms with Crippen LogP contribution in [0.25, 0.3) is 10.2 Å². The average Bonchev–Trinajstić information content (AvgIpc) is 3.03. The van der Waals surface area contributed by atoms with Crippen LogP contribution >= 0.6 is 23.1 Å². The molecule has 5 nitrogen and oxygen atoms in total. The van der Waals surface area contributed by atoms with Crippen LogP contribution in [0, 0.1) is 11.8 Å². The summed E-state index contributed by atoms with van der Waals surface area (Å²) >= 11 is 3.31. The van der Waals surface area contributed by atoms with Gasteiger partial charge in [-0.15, -0.1) is 17.9 Å². The molecule has 0 radical (unpaired) electrons. The van der Waals surface area contributed by atoms with Crippen molar-refractivity contribution in [3.8, 4) is 0 Å². The van der Waals surface area contributed by atoms with Gasteiger partial charge in [0.25, 0.3) is 5.56 Å². The van der Waals surface area contributed by atoms with Crippen LogP contribution in [0.4, 0.5) is 0 Å². The maximum atomic E-state index is 13.3. The molecular weight excluding hydrogens is 390 g/mol. The number of oxime groups is 1. The Morgan fingerprint density at radius 2 is 2.36 bits per heavy atom. The van der Waals surface area contributed by atoms with Gasteiger partial charge < -0.3 is 4.84 Å². The molecule has 2 atom stereocenters. The molecule has 7 heteroatoms. The van der Waals surface area contributed by atoms with E-state index in [9.17, 15) is 4.79 Å². The number of hydrogen-bond donors (Lipinski definition) is 0. The van der Waals surface area contributed by atoms with Crippen LogP contribution in [0.5, 0.6) is 0 Å². The van der Waals surface area contributed by atoms with Gasteiger partial charge in [0, 0.05) is 23.1 Å². The molecule has 2 unspecified atom stereocenters. The highest BCUT2D eigenvalue weighted by Gasteiger charge is 2.24. The molecule has 152 valence electrons. The minimum absolute atomic E-state index is 0.0758. The van der Waals surface area contributed by atoms with E-state index < -0.39 is 0 Å². The average molecular weight is 420 g/mol. The van der Waals surface area contributed by atoms with Gasteiger partial charge in [0.15, 0.2) is 5.16 Å². The van der Waals surface area contributed by atoms with Crippen LogP contribution in [-0.4, -0.2) is 27.6 Å². The molecular formula is C21H29N3O2S2. The summed E-state index contributed by atoms with van der Waals surface area (Å²) in [6, 6.07) is 0. The third kappa shape index (κ3) is 4.35. The Morgan fingerprint density at radius 3 is 3.07 bits per heavy atom. The van der Waals surface area contributed by atoms with Crippen molar-refractivity contribution in [1.29, 1.82) is 0 Å². The number of aromatic nitrogens is 2. The van der Waals surface area contributed by atoms with Crippen molar-refractivity contribution in [2.45, 2.75) is 58.7 Å². The molecule has 2 heterocycles. The second kappa shape index (κ2) is 9.27. The third-order valence-corrected chi connectivity index (χ3v) is 7.59. The number of fused-ring (bicyclic) bond motifs is 3. The van der Waals surface area contributed by atoms with E-state index in [2.05, 4.69) is 25.6 Å². The highest BCUT2D eigenvalue weighted by Crippen LogP contribution is 2.36. The van der Waals surface area contributed by atoms with Crippen molar-refractivity contribution in [1.82, 2.24) is 9.55 Å². The normalized spacial score (nSPS) is 18.1. The fourth-order valence-electron chi connectivity index (χ4n) is 3.38. The van der Waals surface area contributed by atoms with Gasteiger partial charge >= 0.3 is 0 Å². The third-order valence-electron chi connectivity index (χ3n) is 5.21. The Bertz CT molecular complexity index is 945. The number of aryl methyl sites for hydroxylation is 1. The van der Waals surface area contributed by atoms with E-state index in [1.807, 2.05) is 13.8 Å². The maximum Gasteiger partial charge on any atom is 0.263 e. The lowest BCUT2D eigenvalue weighted by Gasteiger charge is -2.17. The summed E-state index contributed by atoms with van der Waals surface area (Å²) in [5, 5.41) is 5.73. The number of hydrogen-bond acceptors (Lipinski definition) is 6. The fraction of sp³-hybridized carbons (Fsp3) is 0.571. The second-order valence-electron chi connectivity index (χ2n) is 7.49. The predicted octanol–water partition coefficient (Wildman–Crippen LogP) is 4.91. The quantitative estimate of drug-likeness (QED) is 0.201. The molecule has 1 aliphatic rings. The van der Waals surface area contributed by atoms with E-state index in [0.717, 1.165) is 46.1 Å². The van der Waals surface area contributed by atoms with E-state index in [4.69, 9.17) is 9.82 Å². The van der Waals surface area contributed by atoms with Gasteiger partial charge in [-0.25, -0.2) is 4.98 Å². The van der Waals surface area contributed by atoms with E-state index >= 15 is 0 Å². The van der Waals surface area contributed by atoms with Crippen LogP contribution in [0.15, 0.2) is 27.8 Å². The lowest BCUT2D eigenvalue weighted by Crippen LogP contribution is -2.24. The smallest absolute Gasteiger partial charge is 0.263 e. The zero-order chi connectivity index (χ0) is 20.3. The number of allylic oxidation sites excluding steroid dienone is 1. The first kappa shape index (κ1) is 21.1. The Labute approximate surface area is 174 Å². The van der Waals surface area contributed by atoms with Gasteiger partial charge in [0.1, 0.15) is 11.4 Å². The van der Waals surface area contributed by atoms with Crippen molar-refractivity contribution in [2.24, 2.45) is 17.0 Å². The van der Waals surface area contributed by atoms with Crippen LogP contribution in [-0.2, 0) is 24.2 Å². The standard InChI is InChI=1S/C21H29N3O2S2/c1-6-10-24-20(25)18-16-9-8-13(3)11-17(16)28-19(18)22-21(24)27-12-14(4)15(5)23-26-7-2/h6,13-14H,1,7-12H2,2-5H3/b23-15-. The molecule has 0 amide bonds. The zero-order valence-corrected chi connectivity index (χ0v) is 18.8. The minimum atomic E-state index is 0.0758. The van der Waals surface area contributed by atoms with Gasteiger partial charge in [-0.2, -0.15) is 0 Å². The molecule has 3 rings (SSSR count). The molecule has 0 saturated carbocycles. The summed E-state index contributed by atoms with van der Waals surface area (Å²) < 4.78 is 1.77. The zero-order valence-electron chi connectivity index (χ0n) is 17.2. The number of rotatable bonds is 8. The minimum Gasteiger partial charge on any atom is -0.396 e. The van der Waals surface area contributed by atoms with Crippen molar-refractivity contribution in [3.63, 3.8) is 0 Å². The van der Waals surface area contributed by atoms with Gasteiger partial charge in [-0.3, -0.25) is 9.36 Å². The number of thiophene rings is 1. The first-order valence-electron chi connectivity index (χ1n) is 9.91. The van der Waals surface area contributed by atoms with E-state index in [-0.39, 0.29) is 11.5 Å². The molecule has 0 N–H and O–H groups in total. The molecule has 0 saturated heterocycles. The number of nitrogens with zero attached hydrogens (tertiary/aromatic N) is 3. The highest BCUT2D eigenvalue weighted by atomic mass is 32.2. The molecule has 0 spiro atoms. The SMILES string of the molecule is C=CCn1c(SCC(C)/C(C)=N\OCC)nc2sc3c(c2c1=O)CCC(C)C3. The van der Waals surface area contributed by atoms with Crippen LogP contribution in [0.1, 0.15) is 44.6 Å². The Morgan fingerprint density at radius 1 is 1.57 bits per heavy atom. The Kier molecular flexibility index (Phi) is 6.99. The lowest BCUT2D eigenvalue weighted by atomic mass is 9.89. The van der Waals surface area contributed by atoms with Gasteiger partial charge in [-0.1, -0.05) is 36.8 Å². The van der Waals surface area contributed by atoms with Crippen LogP contribution in [0.3, 0.4) is 0 Å². The molecule has 2 aromatic rings. The first-order chi connectivity index (χ1) is 13.5. The Balaban J connectivity index is 1.94. The van der Waals surface area contributed by atoms with Gasteiger partial charge in [0.05, 0.1) is 11.1 Å². The van der Waals surface area contributed by atoms with E-state index in [0.29, 0.717) is 19.1 Å². The maximum absolute atomic E-state index is 13.3. The van der Waals surface area contributed by atoms with Crippen LogP contribution in [0.2, 0.25) is 0 Å². The fourth-order valence-corrected chi connectivity index (χ4v) is 5.92. The summed E-state index contributed by atoms with van der Waals surface area (Å²) in [6.45, 7) is 13.2. The van der Waals surface area contributed by atoms with E-state index in [1.165, 1.54) is 10.4 Å². The monoisotopic (exact) mass is 419 g/mol. The molecule has 1 aliphatic carbocycles. The summed E-state index contributed by atoms with van der Waals surface area (Å²) in [4.78, 5) is 25.6. The highest BCUT2D eigenvalue weighted by molar-refractivity contribution is 7.99. The van der Waals surface area contributed by atoms with E-state index in [1.54, 1.807) is 33.7 Å². The molecule has 2 aromatic heterocycles. The summed E-state index contributed by atoms with van der Waals surface area (Å²) in [6.07, 6.45) is 4.96. The first-order valence-corrected chi connectivity index (χ1v) is 11.7. The molecule has 0 aromatic carbocycles. The van der Waals surface area contributed by atoms with Crippen molar-refractivity contribution in [2.75, 3.05) is 12.4 Å². The molecule has 0 fully saturated rings. The lowest BCUT2D eigenvalue weighted by molar-refractivity contribution is 0.157.